The topological polar surface area (TPSA) is 77.8 Å². The molecule has 0 atom stereocenters. The molecule has 0 radical (unpaired) electrons. The number of rotatable bonds is 2. The highest BCUT2D eigenvalue weighted by atomic mass is 16.3. The summed E-state index contributed by atoms with van der Waals surface area (Å²) in [6, 6.07) is 2.25. The van der Waals surface area contributed by atoms with Crippen LogP contribution < -0.4 is 0 Å². The van der Waals surface area contributed by atoms with E-state index in [0.717, 1.165) is 11.0 Å². The molecule has 1 aliphatic rings. The third kappa shape index (κ3) is 1.32. The summed E-state index contributed by atoms with van der Waals surface area (Å²) in [4.78, 5) is 24.7. The van der Waals surface area contributed by atoms with Gasteiger partial charge in [0.05, 0.1) is 11.1 Å². The van der Waals surface area contributed by atoms with E-state index in [1.807, 2.05) is 6.92 Å². The molecule has 0 saturated carbocycles. The summed E-state index contributed by atoms with van der Waals surface area (Å²) in [6.07, 6.45) is 0.651. The average molecular weight is 221 g/mol. The summed E-state index contributed by atoms with van der Waals surface area (Å²) in [5.74, 6) is -1.55. The van der Waals surface area contributed by atoms with Crippen LogP contribution in [0.2, 0.25) is 0 Å². The number of hydrogen-bond donors (Lipinski definition) is 2. The average Bonchev–Trinajstić information content (AvgIpc) is 2.43. The molecule has 2 N–H and O–H groups in total. The van der Waals surface area contributed by atoms with Crippen molar-refractivity contribution < 1.29 is 19.8 Å². The monoisotopic (exact) mass is 221 g/mol. The second-order valence-electron chi connectivity index (χ2n) is 3.65. The van der Waals surface area contributed by atoms with Gasteiger partial charge < -0.3 is 10.2 Å². The van der Waals surface area contributed by atoms with Gasteiger partial charge >= 0.3 is 0 Å². The number of fused-ring (bicyclic) bond motifs is 1. The van der Waals surface area contributed by atoms with Crippen molar-refractivity contribution in [3.63, 3.8) is 0 Å². The van der Waals surface area contributed by atoms with E-state index >= 15 is 0 Å². The zero-order valence-corrected chi connectivity index (χ0v) is 8.73. The molecular formula is C11H11NO4. The van der Waals surface area contributed by atoms with E-state index in [9.17, 15) is 19.8 Å². The molecule has 0 aliphatic carbocycles. The molecule has 84 valence electrons. The Hall–Kier alpha value is -2.04. The molecule has 5 nitrogen and oxygen atoms in total. The van der Waals surface area contributed by atoms with Crippen molar-refractivity contribution in [2.45, 2.75) is 13.3 Å². The van der Waals surface area contributed by atoms with Crippen LogP contribution >= 0.6 is 0 Å². The van der Waals surface area contributed by atoms with Crippen LogP contribution in [0.25, 0.3) is 0 Å². The van der Waals surface area contributed by atoms with Crippen LogP contribution in [-0.4, -0.2) is 33.5 Å². The SMILES string of the molecule is CCCN1C(=O)c2cc(O)cc(O)c2C1=O. The number of carbonyl (C=O) groups is 2. The molecule has 1 aromatic rings. The van der Waals surface area contributed by atoms with Gasteiger partial charge in [-0.25, -0.2) is 0 Å². The summed E-state index contributed by atoms with van der Waals surface area (Å²) in [6.45, 7) is 2.16. The van der Waals surface area contributed by atoms with Crippen LogP contribution in [0.4, 0.5) is 0 Å². The van der Waals surface area contributed by atoms with Gasteiger partial charge in [0.15, 0.2) is 0 Å². The maximum absolute atomic E-state index is 11.8. The smallest absolute Gasteiger partial charge is 0.265 e. The predicted molar refractivity (Wildman–Crippen MR) is 55.4 cm³/mol. The van der Waals surface area contributed by atoms with Gasteiger partial charge in [-0.2, -0.15) is 0 Å². The van der Waals surface area contributed by atoms with Gasteiger partial charge in [0, 0.05) is 12.6 Å². The Labute approximate surface area is 91.9 Å². The van der Waals surface area contributed by atoms with Crippen molar-refractivity contribution in [1.82, 2.24) is 4.90 Å². The van der Waals surface area contributed by atoms with Crippen LogP contribution in [0.5, 0.6) is 11.5 Å². The maximum Gasteiger partial charge on any atom is 0.265 e. The predicted octanol–water partition coefficient (Wildman–Crippen LogP) is 1.10. The summed E-state index contributed by atoms with van der Waals surface area (Å²) in [7, 11) is 0. The first kappa shape index (κ1) is 10.5. The normalized spacial score (nSPS) is 14.4. The van der Waals surface area contributed by atoms with E-state index < -0.39 is 11.8 Å². The van der Waals surface area contributed by atoms with Crippen molar-refractivity contribution in [3.05, 3.63) is 23.3 Å². The largest absolute Gasteiger partial charge is 0.508 e. The highest BCUT2D eigenvalue weighted by Crippen LogP contribution is 2.33. The number of aromatic hydroxyl groups is 2. The van der Waals surface area contributed by atoms with E-state index in [-0.39, 0.29) is 22.6 Å². The lowest BCUT2D eigenvalue weighted by molar-refractivity contribution is 0.0653. The van der Waals surface area contributed by atoms with Crippen LogP contribution in [0.15, 0.2) is 12.1 Å². The maximum atomic E-state index is 11.8. The first-order chi connectivity index (χ1) is 7.56. The highest BCUT2D eigenvalue weighted by molar-refractivity contribution is 6.22. The quantitative estimate of drug-likeness (QED) is 0.733. The van der Waals surface area contributed by atoms with Crippen molar-refractivity contribution >= 4 is 11.8 Å². The van der Waals surface area contributed by atoms with E-state index in [1.54, 1.807) is 0 Å². The minimum atomic E-state index is -0.501. The number of carbonyl (C=O) groups excluding carboxylic acids is 2. The van der Waals surface area contributed by atoms with Gasteiger partial charge in [0.1, 0.15) is 11.5 Å². The summed E-state index contributed by atoms with van der Waals surface area (Å²) < 4.78 is 0. The number of benzene rings is 1. The van der Waals surface area contributed by atoms with Crippen molar-refractivity contribution in [1.29, 1.82) is 0 Å². The van der Waals surface area contributed by atoms with E-state index in [0.29, 0.717) is 13.0 Å². The number of amides is 2. The third-order valence-electron chi connectivity index (χ3n) is 2.48. The molecular weight excluding hydrogens is 210 g/mol. The minimum Gasteiger partial charge on any atom is -0.508 e. The molecule has 16 heavy (non-hydrogen) atoms. The lowest BCUT2D eigenvalue weighted by Gasteiger charge is -2.11. The fraction of sp³-hybridized carbons (Fsp3) is 0.273. The van der Waals surface area contributed by atoms with Gasteiger partial charge in [0.25, 0.3) is 11.8 Å². The fourth-order valence-electron chi connectivity index (χ4n) is 1.80. The zero-order valence-electron chi connectivity index (χ0n) is 8.73. The van der Waals surface area contributed by atoms with Gasteiger partial charge in [-0.3, -0.25) is 14.5 Å². The summed E-state index contributed by atoms with van der Waals surface area (Å²) in [5.41, 5.74) is 0.0483. The third-order valence-corrected chi connectivity index (χ3v) is 2.48. The van der Waals surface area contributed by atoms with Crippen LogP contribution in [0, 0.1) is 0 Å². The van der Waals surface area contributed by atoms with Crippen LogP contribution in [0.1, 0.15) is 34.1 Å². The van der Waals surface area contributed by atoms with E-state index in [1.165, 1.54) is 6.07 Å². The van der Waals surface area contributed by atoms with Crippen molar-refractivity contribution in [3.8, 4) is 11.5 Å². The Kier molecular flexibility index (Phi) is 2.30. The fourth-order valence-corrected chi connectivity index (χ4v) is 1.80. The molecule has 0 spiro atoms. The van der Waals surface area contributed by atoms with Gasteiger partial charge in [0.2, 0.25) is 0 Å². The number of hydrogen-bond acceptors (Lipinski definition) is 4. The highest BCUT2D eigenvalue weighted by Gasteiger charge is 2.37. The summed E-state index contributed by atoms with van der Waals surface area (Å²) >= 11 is 0. The van der Waals surface area contributed by atoms with Gasteiger partial charge in [-0.15, -0.1) is 0 Å². The lowest BCUT2D eigenvalue weighted by atomic mass is 10.1. The van der Waals surface area contributed by atoms with Crippen molar-refractivity contribution in [2.75, 3.05) is 6.54 Å². The molecule has 0 fully saturated rings. The van der Waals surface area contributed by atoms with Crippen LogP contribution in [-0.2, 0) is 0 Å². The first-order valence-corrected chi connectivity index (χ1v) is 4.98. The molecule has 5 heteroatoms. The molecule has 2 amide bonds. The molecule has 0 aromatic heterocycles. The molecule has 1 aromatic carbocycles. The Balaban J connectivity index is 2.55. The zero-order chi connectivity index (χ0) is 11.9. The Morgan fingerprint density at radius 1 is 1.19 bits per heavy atom. The Morgan fingerprint density at radius 3 is 2.50 bits per heavy atom. The number of nitrogens with zero attached hydrogens (tertiary/aromatic N) is 1. The molecule has 0 unspecified atom stereocenters. The second-order valence-corrected chi connectivity index (χ2v) is 3.65. The molecule has 1 aliphatic heterocycles. The second kappa shape index (κ2) is 3.52. The lowest BCUT2D eigenvalue weighted by Crippen LogP contribution is -2.30. The molecule has 0 bridgehead atoms. The first-order valence-electron chi connectivity index (χ1n) is 4.98. The van der Waals surface area contributed by atoms with Crippen LogP contribution in [0.3, 0.4) is 0 Å². The number of phenolic OH excluding ortho intramolecular Hbond substituents is 2. The van der Waals surface area contributed by atoms with E-state index in [4.69, 9.17) is 0 Å². The summed E-state index contributed by atoms with van der Waals surface area (Å²) in [5, 5.41) is 18.8. The number of phenols is 2. The number of imide groups is 1. The van der Waals surface area contributed by atoms with Gasteiger partial charge in [-0.05, 0) is 12.5 Å². The minimum absolute atomic E-state index is 0.0174. The molecule has 0 saturated heterocycles. The standard InChI is InChI=1S/C11H11NO4/c1-2-3-12-10(15)7-4-6(13)5-8(14)9(7)11(12)16/h4-5,13-14H,2-3H2,1H3. The molecule has 2 rings (SSSR count). The van der Waals surface area contributed by atoms with Gasteiger partial charge in [-0.1, -0.05) is 6.92 Å². The van der Waals surface area contributed by atoms with E-state index in [2.05, 4.69) is 0 Å². The molecule has 1 heterocycles. The Morgan fingerprint density at radius 2 is 1.88 bits per heavy atom. The Bertz CT molecular complexity index is 481. The van der Waals surface area contributed by atoms with Crippen molar-refractivity contribution in [2.24, 2.45) is 0 Å².